The van der Waals surface area contributed by atoms with Gasteiger partial charge in [-0.1, -0.05) is 422 Å². The van der Waals surface area contributed by atoms with Crippen LogP contribution in [0.5, 0.6) is 0 Å². The van der Waals surface area contributed by atoms with Crippen LogP contribution in [0.15, 0.2) is 437 Å². The highest BCUT2D eigenvalue weighted by molar-refractivity contribution is 7.01. The van der Waals surface area contributed by atoms with E-state index in [4.69, 9.17) is 0 Å². The molecule has 0 aliphatic carbocycles. The van der Waals surface area contributed by atoms with E-state index in [2.05, 4.69) is 455 Å². The summed E-state index contributed by atoms with van der Waals surface area (Å²) in [5, 5.41) is 10.8. The van der Waals surface area contributed by atoms with Crippen LogP contribution in [0.3, 0.4) is 0 Å². The molecule has 608 valence electrons. The fourth-order valence-electron chi connectivity index (χ4n) is 25.4. The SMILES string of the molecule is c1ccc(-c2ccc3c(c2)-n2c4ccccc4c4ccc5c(c42)B3c2ccccc2C5)cc1.c1ccc(-c2ccc3c(c2)B2c4ccccc4Cc4ccc5c6ccccc6n-3c5c42)cc1.c1ccc(-c2cccc3c2-n2c4ccccc4c4ccc5c(c42)B3c2ccccc2C5)cc1.c1ccc(-c2cccc3c4ccc5c6c4n(c23)-c2ccccc2B6c2ccccc2C5)cc1. The lowest BCUT2D eigenvalue weighted by Crippen LogP contribution is -2.60. The van der Waals surface area contributed by atoms with E-state index >= 15 is 0 Å². The van der Waals surface area contributed by atoms with Crippen LogP contribution in [-0.4, -0.2) is 45.1 Å². The van der Waals surface area contributed by atoms with E-state index in [0.29, 0.717) is 6.71 Å². The number of fused-ring (bicyclic) bond motifs is 32. The third-order valence-corrected chi connectivity index (χ3v) is 30.8. The molecular weight excluding hydrogens is 1590 g/mol. The van der Waals surface area contributed by atoms with Gasteiger partial charge in [-0.05, 0) is 184 Å². The first kappa shape index (κ1) is 73.9. The summed E-state index contributed by atoms with van der Waals surface area (Å²) in [6.45, 7) is 1.11. The summed E-state index contributed by atoms with van der Waals surface area (Å²) in [4.78, 5) is 0. The van der Waals surface area contributed by atoms with Crippen molar-refractivity contribution in [3.05, 3.63) is 481 Å². The van der Waals surface area contributed by atoms with Crippen LogP contribution >= 0.6 is 0 Å². The van der Waals surface area contributed by atoms with Gasteiger partial charge >= 0.3 is 0 Å². The number of rotatable bonds is 4. The first-order valence-corrected chi connectivity index (χ1v) is 46.8. The summed E-state index contributed by atoms with van der Waals surface area (Å²) in [5.74, 6) is 0. The average Bonchev–Trinajstić information content (AvgIpc) is 1.50. The van der Waals surface area contributed by atoms with Crippen LogP contribution in [0.25, 0.3) is 154 Å². The van der Waals surface area contributed by atoms with Crippen LogP contribution in [0.2, 0.25) is 0 Å². The number of benzene rings is 20. The molecule has 0 fully saturated rings. The summed E-state index contributed by atoms with van der Waals surface area (Å²) >= 11 is 0. The Kier molecular flexibility index (Phi) is 16.0. The zero-order chi connectivity index (χ0) is 86.1. The molecule has 4 aromatic heterocycles. The molecule has 0 unspecified atom stereocenters. The van der Waals surface area contributed by atoms with E-state index in [9.17, 15) is 0 Å². The molecule has 0 amide bonds. The highest BCUT2D eigenvalue weighted by Gasteiger charge is 2.45. The van der Waals surface area contributed by atoms with E-state index in [-0.39, 0.29) is 20.1 Å². The zero-order valence-electron chi connectivity index (χ0n) is 72.5. The van der Waals surface area contributed by atoms with Crippen molar-refractivity contribution >= 4 is 180 Å². The van der Waals surface area contributed by atoms with Crippen molar-refractivity contribution in [1.82, 2.24) is 18.3 Å². The maximum absolute atomic E-state index is 2.56. The molecule has 0 spiro atoms. The predicted molar refractivity (Wildman–Crippen MR) is 560 cm³/mol. The van der Waals surface area contributed by atoms with Crippen molar-refractivity contribution in [3.63, 3.8) is 0 Å². The maximum atomic E-state index is 2.56. The quantitative estimate of drug-likeness (QED) is 0.157. The van der Waals surface area contributed by atoms with Gasteiger partial charge in [0.2, 0.25) is 26.9 Å². The van der Waals surface area contributed by atoms with Crippen LogP contribution in [-0.2, 0) is 25.7 Å². The van der Waals surface area contributed by atoms with Gasteiger partial charge in [-0.3, -0.25) is 0 Å². The average molecular weight is 1670 g/mol. The van der Waals surface area contributed by atoms with Gasteiger partial charge in [0.25, 0.3) is 0 Å². The molecule has 12 heterocycles. The van der Waals surface area contributed by atoms with Gasteiger partial charge in [0.1, 0.15) is 0 Å². The lowest BCUT2D eigenvalue weighted by atomic mass is 9.32. The van der Waals surface area contributed by atoms with Crippen LogP contribution in [0.1, 0.15) is 44.5 Å². The molecule has 0 N–H and O–H groups in total. The van der Waals surface area contributed by atoms with Crippen LogP contribution < -0.4 is 65.6 Å². The van der Waals surface area contributed by atoms with Gasteiger partial charge in [-0.15, -0.1) is 0 Å². The van der Waals surface area contributed by atoms with E-state index < -0.39 is 0 Å². The molecule has 8 heteroatoms. The zero-order valence-corrected chi connectivity index (χ0v) is 72.5. The van der Waals surface area contributed by atoms with Crippen LogP contribution in [0.4, 0.5) is 0 Å². The molecule has 0 radical (unpaired) electrons. The molecule has 0 bridgehead atoms. The Hall–Kier alpha value is -16.1. The topological polar surface area (TPSA) is 19.7 Å². The van der Waals surface area contributed by atoms with Gasteiger partial charge in [0.15, 0.2) is 0 Å². The minimum absolute atomic E-state index is 0.268. The molecule has 0 saturated carbocycles. The first-order chi connectivity index (χ1) is 65.6. The van der Waals surface area contributed by atoms with Crippen molar-refractivity contribution in [2.75, 3.05) is 0 Å². The van der Waals surface area contributed by atoms with Crippen molar-refractivity contribution in [1.29, 1.82) is 0 Å². The van der Waals surface area contributed by atoms with E-state index in [1.807, 2.05) is 0 Å². The summed E-state index contributed by atoms with van der Waals surface area (Å²) in [6, 6.07) is 162. The number of para-hydroxylation sites is 6. The minimum Gasteiger partial charge on any atom is -0.310 e. The Morgan fingerprint density at radius 2 is 0.477 bits per heavy atom. The molecule has 132 heavy (non-hydrogen) atoms. The van der Waals surface area contributed by atoms with Gasteiger partial charge in [-0.2, -0.15) is 0 Å². The van der Waals surface area contributed by atoms with Gasteiger partial charge in [0, 0.05) is 99.0 Å². The lowest BCUT2D eigenvalue weighted by molar-refractivity contribution is 1.16. The second kappa shape index (κ2) is 28.7. The third kappa shape index (κ3) is 10.6. The second-order valence-corrected chi connectivity index (χ2v) is 37.3. The molecular formula is C124H80B4N4. The number of nitrogens with zero attached hydrogens (tertiary/aromatic N) is 4. The largest absolute Gasteiger partial charge is 0.310 e. The first-order valence-electron chi connectivity index (χ1n) is 46.8. The minimum atomic E-state index is 0.268. The Labute approximate surface area is 766 Å². The highest BCUT2D eigenvalue weighted by Crippen LogP contribution is 2.45. The monoisotopic (exact) mass is 1670 g/mol. The molecule has 24 aromatic rings. The maximum Gasteiger partial charge on any atom is 0.247 e. The normalized spacial score (nSPS) is 13.3. The molecule has 8 aliphatic rings. The van der Waals surface area contributed by atoms with Gasteiger partial charge in [-0.25, -0.2) is 0 Å². The Bertz CT molecular complexity index is 9030. The summed E-state index contributed by atoms with van der Waals surface area (Å²) < 4.78 is 10.2. The fourth-order valence-corrected chi connectivity index (χ4v) is 25.4. The standard InChI is InChI=1S/4C31H20BN/c1-2-9-20(10-3-1)23-13-8-15-27-30(23)33-28-16-7-5-12-24(28)25-18-17-22-19-21-11-4-6-14-26(21)32(27)29(22)31(25)33;1-2-8-20(9-3-1)21-15-17-29-27(19-21)32-26-12-6-4-10-22(26)18-23-14-16-25-24-11-5-7-13-28(24)33(29)31(25)30(23)32;1-2-8-20(9-3-1)21-15-17-27-29(19-21)33-28-13-7-5-11-24(28)25-16-14-23-18-22-10-4-6-12-26(22)32(27)30(23)31(25)33;1-2-9-20(10-3-1)23-12-8-13-24-25-18-17-22-19-21-11-4-5-14-26(21)32-27-15-6-7-16-28(27)33(30(23)24)31(25)29(22)32/h1-18H,19H2;2*1-17,19H,18H2;1-18H,19H2. The molecule has 20 aromatic carbocycles. The lowest BCUT2D eigenvalue weighted by Gasteiger charge is -2.34. The Balaban J connectivity index is 0.0000000862. The Morgan fingerprint density at radius 3 is 0.977 bits per heavy atom. The number of hydrogen-bond acceptors (Lipinski definition) is 0. The summed E-state index contributed by atoms with van der Waals surface area (Å²) in [5.41, 5.74) is 55.4. The molecule has 0 saturated heterocycles. The van der Waals surface area contributed by atoms with E-state index in [0.717, 1.165) is 25.7 Å². The van der Waals surface area contributed by atoms with Gasteiger partial charge in [0.05, 0.1) is 22.1 Å². The summed E-state index contributed by atoms with van der Waals surface area (Å²) in [7, 11) is 0. The fraction of sp³-hybridized carbons (Fsp3) is 0.0323. The smallest absolute Gasteiger partial charge is 0.247 e. The highest BCUT2D eigenvalue weighted by atomic mass is 15.0. The molecule has 8 aliphatic heterocycles. The second-order valence-electron chi connectivity index (χ2n) is 37.3. The van der Waals surface area contributed by atoms with Crippen molar-refractivity contribution < 1.29 is 0 Å². The molecule has 32 rings (SSSR count). The molecule has 0 atom stereocenters. The Morgan fingerprint density at radius 1 is 0.159 bits per heavy atom. The van der Waals surface area contributed by atoms with Crippen molar-refractivity contribution in [3.8, 4) is 67.3 Å². The number of aromatic nitrogens is 4. The number of hydrogen-bond donors (Lipinski definition) is 0. The summed E-state index contributed by atoms with van der Waals surface area (Å²) in [6.07, 6.45) is 4.03. The molecule has 4 nitrogen and oxygen atoms in total. The predicted octanol–water partition coefficient (Wildman–Crippen LogP) is 20.7. The van der Waals surface area contributed by atoms with Crippen molar-refractivity contribution in [2.45, 2.75) is 25.7 Å². The van der Waals surface area contributed by atoms with Crippen molar-refractivity contribution in [2.24, 2.45) is 0 Å². The van der Waals surface area contributed by atoms with Gasteiger partial charge < -0.3 is 18.3 Å². The third-order valence-electron chi connectivity index (χ3n) is 30.8. The van der Waals surface area contributed by atoms with Crippen LogP contribution in [0, 0.1) is 0 Å². The van der Waals surface area contributed by atoms with E-state index in [1.54, 1.807) is 0 Å². The van der Waals surface area contributed by atoms with E-state index in [1.165, 1.54) is 265 Å².